The van der Waals surface area contributed by atoms with Crippen LogP contribution in [0.4, 0.5) is 0 Å². The number of hydrogen-bond donors (Lipinski definition) is 1. The van der Waals surface area contributed by atoms with Gasteiger partial charge in [-0.15, -0.1) is 0 Å². The lowest BCUT2D eigenvalue weighted by Gasteiger charge is -2.06. The van der Waals surface area contributed by atoms with Crippen molar-refractivity contribution in [2.24, 2.45) is 5.92 Å². The molecule has 0 atom stereocenters. The van der Waals surface area contributed by atoms with Gasteiger partial charge in [-0.3, -0.25) is 0 Å². The molecule has 0 spiro atoms. The number of rotatable bonds is 5. The predicted octanol–water partition coefficient (Wildman–Crippen LogP) is 2.99. The second kappa shape index (κ2) is 5.19. The van der Waals surface area contributed by atoms with E-state index in [0.717, 1.165) is 29.3 Å². The van der Waals surface area contributed by atoms with Crippen LogP contribution in [0.25, 0.3) is 11.5 Å². The fourth-order valence-electron chi connectivity index (χ4n) is 1.66. The van der Waals surface area contributed by atoms with Gasteiger partial charge in [0.15, 0.2) is 17.9 Å². The van der Waals surface area contributed by atoms with Crippen molar-refractivity contribution in [3.05, 3.63) is 30.0 Å². The molecule has 0 aliphatic carbocycles. The lowest BCUT2D eigenvalue weighted by atomic mass is 10.2. The van der Waals surface area contributed by atoms with Gasteiger partial charge in [-0.1, -0.05) is 13.8 Å². The zero-order valence-electron chi connectivity index (χ0n) is 10.5. The zero-order valence-corrected chi connectivity index (χ0v) is 10.5. The topological polar surface area (TPSA) is 51.2 Å². The zero-order chi connectivity index (χ0) is 12.3. The summed E-state index contributed by atoms with van der Waals surface area (Å²) in [5, 5.41) is 3.34. The summed E-state index contributed by atoms with van der Waals surface area (Å²) >= 11 is 0. The van der Waals surface area contributed by atoms with Gasteiger partial charge in [-0.25, -0.2) is 4.98 Å². The first-order valence-corrected chi connectivity index (χ1v) is 5.86. The van der Waals surface area contributed by atoms with E-state index in [4.69, 9.17) is 8.83 Å². The minimum atomic E-state index is 0.621. The molecule has 2 heterocycles. The van der Waals surface area contributed by atoms with Gasteiger partial charge in [-0.05, 0) is 31.0 Å². The van der Waals surface area contributed by atoms with Crippen molar-refractivity contribution < 1.29 is 8.83 Å². The number of nitrogens with one attached hydrogen (secondary N) is 1. The second-order valence-electron chi connectivity index (χ2n) is 4.59. The summed E-state index contributed by atoms with van der Waals surface area (Å²) in [4.78, 5) is 4.22. The van der Waals surface area contributed by atoms with Crippen molar-refractivity contribution >= 4 is 0 Å². The first kappa shape index (κ1) is 11.9. The van der Waals surface area contributed by atoms with Crippen LogP contribution in [-0.2, 0) is 6.54 Å². The van der Waals surface area contributed by atoms with Crippen LogP contribution in [0.2, 0.25) is 0 Å². The summed E-state index contributed by atoms with van der Waals surface area (Å²) in [5.41, 5.74) is 1.95. The van der Waals surface area contributed by atoms with Crippen LogP contribution < -0.4 is 5.32 Å². The molecule has 0 amide bonds. The van der Waals surface area contributed by atoms with Crippen molar-refractivity contribution in [2.45, 2.75) is 27.3 Å². The molecule has 4 heteroatoms. The molecule has 4 nitrogen and oxygen atoms in total. The number of furan rings is 1. The fraction of sp³-hybridized carbons (Fsp3) is 0.462. The molecule has 0 radical (unpaired) electrons. The van der Waals surface area contributed by atoms with Crippen molar-refractivity contribution in [2.75, 3.05) is 6.54 Å². The Bertz CT molecular complexity index is 471. The van der Waals surface area contributed by atoms with E-state index in [9.17, 15) is 0 Å². The molecule has 0 fully saturated rings. The number of aryl methyl sites for hydroxylation is 1. The van der Waals surface area contributed by atoms with Crippen LogP contribution >= 0.6 is 0 Å². The average Bonchev–Trinajstić information content (AvgIpc) is 2.86. The first-order valence-electron chi connectivity index (χ1n) is 5.86. The lowest BCUT2D eigenvalue weighted by Crippen LogP contribution is -2.19. The summed E-state index contributed by atoms with van der Waals surface area (Å²) in [7, 11) is 0. The largest absolute Gasteiger partial charge is 0.461 e. The van der Waals surface area contributed by atoms with E-state index in [0.29, 0.717) is 12.5 Å². The Balaban J connectivity index is 2.10. The highest BCUT2D eigenvalue weighted by atomic mass is 16.4. The van der Waals surface area contributed by atoms with Gasteiger partial charge in [0.1, 0.15) is 5.69 Å². The molecule has 0 saturated carbocycles. The Morgan fingerprint density at radius 2 is 2.12 bits per heavy atom. The molecule has 0 aliphatic heterocycles. The van der Waals surface area contributed by atoms with E-state index in [2.05, 4.69) is 24.1 Å². The first-order chi connectivity index (χ1) is 8.18. The van der Waals surface area contributed by atoms with Crippen LogP contribution in [0.15, 0.2) is 27.6 Å². The molecule has 17 heavy (non-hydrogen) atoms. The third kappa shape index (κ3) is 2.77. The Kier molecular flexibility index (Phi) is 3.64. The van der Waals surface area contributed by atoms with E-state index in [1.54, 1.807) is 6.26 Å². The predicted molar refractivity (Wildman–Crippen MR) is 65.5 cm³/mol. The van der Waals surface area contributed by atoms with Crippen molar-refractivity contribution in [3.63, 3.8) is 0 Å². The highest BCUT2D eigenvalue weighted by molar-refractivity contribution is 5.56. The Labute approximate surface area is 101 Å². The van der Waals surface area contributed by atoms with Crippen molar-refractivity contribution in [1.82, 2.24) is 10.3 Å². The van der Waals surface area contributed by atoms with Crippen LogP contribution in [0.3, 0.4) is 0 Å². The van der Waals surface area contributed by atoms with E-state index < -0.39 is 0 Å². The summed E-state index contributed by atoms with van der Waals surface area (Å²) in [6, 6.07) is 1.92. The quantitative estimate of drug-likeness (QED) is 0.864. The minimum absolute atomic E-state index is 0.621. The molecule has 0 saturated heterocycles. The third-order valence-corrected chi connectivity index (χ3v) is 2.55. The van der Waals surface area contributed by atoms with Crippen molar-refractivity contribution in [3.8, 4) is 11.5 Å². The number of hydrogen-bond acceptors (Lipinski definition) is 4. The molecule has 2 aromatic rings. The maximum atomic E-state index is 5.42. The van der Waals surface area contributed by atoms with E-state index in [1.165, 1.54) is 6.39 Å². The maximum absolute atomic E-state index is 5.42. The van der Waals surface area contributed by atoms with Crippen LogP contribution in [0, 0.1) is 12.8 Å². The molecule has 0 unspecified atom stereocenters. The van der Waals surface area contributed by atoms with Crippen LogP contribution in [-0.4, -0.2) is 11.5 Å². The van der Waals surface area contributed by atoms with Gasteiger partial charge < -0.3 is 14.2 Å². The molecule has 2 aromatic heterocycles. The summed E-state index contributed by atoms with van der Waals surface area (Å²) in [6.45, 7) is 8.00. The molecule has 92 valence electrons. The third-order valence-electron chi connectivity index (χ3n) is 2.55. The second-order valence-corrected chi connectivity index (χ2v) is 4.59. The average molecular weight is 234 g/mol. The standard InChI is InChI=1S/C13H18N2O2/c1-9(2)6-14-7-11-13(17-8-15-11)12-10(3)4-5-16-12/h4-5,8-9,14H,6-7H2,1-3H3. The molecule has 0 aromatic carbocycles. The molecule has 1 N–H and O–H groups in total. The van der Waals surface area contributed by atoms with Gasteiger partial charge in [0, 0.05) is 6.54 Å². The Hall–Kier alpha value is -1.55. The van der Waals surface area contributed by atoms with Crippen LogP contribution in [0.1, 0.15) is 25.1 Å². The number of nitrogens with zero attached hydrogens (tertiary/aromatic N) is 1. The lowest BCUT2D eigenvalue weighted by molar-refractivity contribution is 0.513. The monoisotopic (exact) mass is 234 g/mol. The summed E-state index contributed by atoms with van der Waals surface area (Å²) < 4.78 is 10.8. The molecule has 2 rings (SSSR count). The smallest absolute Gasteiger partial charge is 0.194 e. The molecular weight excluding hydrogens is 216 g/mol. The number of aromatic nitrogens is 1. The SMILES string of the molecule is Cc1ccoc1-c1ocnc1CNCC(C)C. The molecule has 0 aliphatic rings. The summed E-state index contributed by atoms with van der Waals surface area (Å²) in [6.07, 6.45) is 3.13. The van der Waals surface area contributed by atoms with Gasteiger partial charge >= 0.3 is 0 Å². The minimum Gasteiger partial charge on any atom is -0.461 e. The van der Waals surface area contributed by atoms with Gasteiger partial charge in [0.05, 0.1) is 6.26 Å². The van der Waals surface area contributed by atoms with E-state index in [-0.39, 0.29) is 0 Å². The number of oxazole rings is 1. The van der Waals surface area contributed by atoms with Gasteiger partial charge in [-0.2, -0.15) is 0 Å². The van der Waals surface area contributed by atoms with Crippen LogP contribution in [0.5, 0.6) is 0 Å². The molecular formula is C13H18N2O2. The van der Waals surface area contributed by atoms with Crippen molar-refractivity contribution in [1.29, 1.82) is 0 Å². The van der Waals surface area contributed by atoms with E-state index >= 15 is 0 Å². The fourth-order valence-corrected chi connectivity index (χ4v) is 1.66. The Morgan fingerprint density at radius 1 is 1.29 bits per heavy atom. The Morgan fingerprint density at radius 3 is 2.76 bits per heavy atom. The highest BCUT2D eigenvalue weighted by Gasteiger charge is 2.15. The maximum Gasteiger partial charge on any atom is 0.194 e. The van der Waals surface area contributed by atoms with Gasteiger partial charge in [0.25, 0.3) is 0 Å². The highest BCUT2D eigenvalue weighted by Crippen LogP contribution is 2.26. The summed E-state index contributed by atoms with van der Waals surface area (Å²) in [5.74, 6) is 2.11. The normalized spacial score (nSPS) is 11.3. The van der Waals surface area contributed by atoms with Gasteiger partial charge in [0.2, 0.25) is 0 Å². The van der Waals surface area contributed by atoms with E-state index in [1.807, 2.05) is 13.0 Å². The molecule has 0 bridgehead atoms.